The number of hydrogen-bond acceptors (Lipinski definition) is 5. The molecular weight excluding hydrogens is 481 g/mol. The first-order valence-electron chi connectivity index (χ1n) is 12.3. The molecule has 37 heavy (non-hydrogen) atoms. The third-order valence-electron chi connectivity index (χ3n) is 6.49. The lowest BCUT2D eigenvalue weighted by Gasteiger charge is -2.35. The molecule has 2 aromatic carbocycles. The average molecular weight is 513 g/mol. The summed E-state index contributed by atoms with van der Waals surface area (Å²) in [5.74, 6) is 6.95. The zero-order valence-corrected chi connectivity index (χ0v) is 21.4. The molecule has 0 N–H and O–H groups in total. The molecule has 0 amide bonds. The minimum absolute atomic E-state index is 0.0451. The second kappa shape index (κ2) is 11.4. The molecule has 2 atom stereocenters. The van der Waals surface area contributed by atoms with E-state index in [1.165, 1.54) is 12.1 Å². The van der Waals surface area contributed by atoms with Gasteiger partial charge in [-0.25, -0.2) is 9.37 Å². The number of aromatic nitrogens is 2. The van der Waals surface area contributed by atoms with Crippen molar-refractivity contribution in [2.24, 2.45) is 5.92 Å². The van der Waals surface area contributed by atoms with Gasteiger partial charge in [0.25, 0.3) is 0 Å². The summed E-state index contributed by atoms with van der Waals surface area (Å²) < 4.78 is 46.4. The van der Waals surface area contributed by atoms with Gasteiger partial charge in [-0.1, -0.05) is 31.8 Å². The minimum atomic E-state index is -3.06. The van der Waals surface area contributed by atoms with Crippen LogP contribution in [-0.2, 0) is 0 Å². The van der Waals surface area contributed by atoms with E-state index < -0.39 is 12.8 Å². The van der Waals surface area contributed by atoms with Crippen LogP contribution < -0.4 is 4.74 Å². The van der Waals surface area contributed by atoms with E-state index in [2.05, 4.69) is 11.8 Å². The van der Waals surface area contributed by atoms with Gasteiger partial charge in [0.05, 0.1) is 17.1 Å². The lowest BCUT2D eigenvalue weighted by Crippen LogP contribution is -2.49. The Morgan fingerprint density at radius 2 is 2.00 bits per heavy atom. The predicted octanol–water partition coefficient (Wildman–Crippen LogP) is 5.09. The Hall–Kier alpha value is -3.35. The van der Waals surface area contributed by atoms with E-state index in [1.54, 1.807) is 10.6 Å². The number of fused-ring (bicyclic) bond motifs is 1. The van der Waals surface area contributed by atoms with Gasteiger partial charge in [-0.05, 0) is 50.8 Å². The molecule has 1 fully saturated rings. The van der Waals surface area contributed by atoms with Crippen molar-refractivity contribution in [3.8, 4) is 23.3 Å². The lowest BCUT2D eigenvalue weighted by atomic mass is 10.1. The maximum absolute atomic E-state index is 13.3. The molecule has 1 aromatic heterocycles. The van der Waals surface area contributed by atoms with Crippen molar-refractivity contribution in [1.29, 1.82) is 0 Å². The standard InChI is InChI=1S/C28H31F3N4O2/c1-5-23(33(3)4)27-32-22-12-11-19(10-9-18(2)14-34-15-21(29)16-34)13-24(22)35(27)26-20(17-36)7-6-8-25(26)37-28(30)31/h6-8,11-13,17-18,21,23,28H,5,14-16H2,1-4H3. The molecule has 3 aromatic rings. The van der Waals surface area contributed by atoms with Crippen molar-refractivity contribution in [2.45, 2.75) is 39.1 Å². The maximum Gasteiger partial charge on any atom is 0.387 e. The smallest absolute Gasteiger partial charge is 0.387 e. The fourth-order valence-corrected chi connectivity index (χ4v) is 4.77. The van der Waals surface area contributed by atoms with Crippen LogP contribution in [0.4, 0.5) is 13.2 Å². The second-order valence-corrected chi connectivity index (χ2v) is 9.57. The Balaban J connectivity index is 1.86. The number of benzene rings is 2. The number of carbonyl (C=O) groups is 1. The van der Waals surface area contributed by atoms with Crippen LogP contribution in [0.2, 0.25) is 0 Å². The van der Waals surface area contributed by atoms with Gasteiger partial charge in [0.1, 0.15) is 17.7 Å². The Labute approximate surface area is 215 Å². The largest absolute Gasteiger partial charge is 0.433 e. The summed E-state index contributed by atoms with van der Waals surface area (Å²) in [7, 11) is 3.84. The molecule has 1 aliphatic heterocycles. The van der Waals surface area contributed by atoms with Crippen LogP contribution in [0.1, 0.15) is 48.1 Å². The molecule has 9 heteroatoms. The number of ether oxygens (including phenoxy) is 1. The highest BCUT2D eigenvalue weighted by atomic mass is 19.3. The number of likely N-dealkylation sites (tertiary alicyclic amines) is 1. The third kappa shape index (κ3) is 5.81. The first-order chi connectivity index (χ1) is 17.7. The van der Waals surface area contributed by atoms with Gasteiger partial charge in [-0.2, -0.15) is 8.78 Å². The SMILES string of the molecule is CCC(c1nc2ccc(C#CC(C)CN3CC(F)C3)cc2n1-c1c(C=O)cccc1OC(F)F)N(C)C. The summed E-state index contributed by atoms with van der Waals surface area (Å²) in [6.45, 7) is 2.54. The molecule has 1 saturated heterocycles. The summed E-state index contributed by atoms with van der Waals surface area (Å²) >= 11 is 0. The molecule has 0 aliphatic carbocycles. The number of aldehydes is 1. The van der Waals surface area contributed by atoms with Gasteiger partial charge in [0, 0.05) is 36.7 Å². The molecule has 6 nitrogen and oxygen atoms in total. The van der Waals surface area contributed by atoms with Crippen molar-refractivity contribution >= 4 is 17.3 Å². The first-order valence-corrected chi connectivity index (χ1v) is 12.3. The molecule has 0 radical (unpaired) electrons. The number of para-hydroxylation sites is 1. The summed E-state index contributed by atoms with van der Waals surface area (Å²) in [5, 5.41) is 0. The molecule has 0 bridgehead atoms. The number of nitrogens with zero attached hydrogens (tertiary/aromatic N) is 4. The number of alkyl halides is 3. The van der Waals surface area contributed by atoms with E-state index in [4.69, 9.17) is 9.72 Å². The monoisotopic (exact) mass is 512 g/mol. The van der Waals surface area contributed by atoms with Gasteiger partial charge >= 0.3 is 6.61 Å². The Morgan fingerprint density at radius 3 is 2.62 bits per heavy atom. The number of halogens is 3. The molecule has 0 saturated carbocycles. The van der Waals surface area contributed by atoms with Crippen molar-refractivity contribution in [3.05, 3.63) is 53.3 Å². The summed E-state index contributed by atoms with van der Waals surface area (Å²) in [6.07, 6.45) is 0.577. The molecule has 2 heterocycles. The molecule has 0 spiro atoms. The Kier molecular flexibility index (Phi) is 8.20. The minimum Gasteiger partial charge on any atom is -0.433 e. The summed E-state index contributed by atoms with van der Waals surface area (Å²) in [4.78, 5) is 20.9. The van der Waals surface area contributed by atoms with Crippen LogP contribution >= 0.6 is 0 Å². The topological polar surface area (TPSA) is 50.6 Å². The fraction of sp³-hybridized carbons (Fsp3) is 0.429. The van der Waals surface area contributed by atoms with E-state index in [9.17, 15) is 18.0 Å². The van der Waals surface area contributed by atoms with E-state index in [-0.39, 0.29) is 29.0 Å². The van der Waals surface area contributed by atoms with E-state index in [1.807, 2.05) is 55.9 Å². The third-order valence-corrected chi connectivity index (χ3v) is 6.49. The molecular formula is C28H31F3N4O2. The highest BCUT2D eigenvalue weighted by Crippen LogP contribution is 2.36. The highest BCUT2D eigenvalue weighted by molar-refractivity contribution is 5.87. The van der Waals surface area contributed by atoms with Gasteiger partial charge in [-0.3, -0.25) is 19.2 Å². The summed E-state index contributed by atoms with van der Waals surface area (Å²) in [6, 6.07) is 9.89. The first kappa shape index (κ1) is 26.7. The summed E-state index contributed by atoms with van der Waals surface area (Å²) in [5.41, 5.74) is 2.42. The second-order valence-electron chi connectivity index (χ2n) is 9.57. The lowest BCUT2D eigenvalue weighted by molar-refractivity contribution is -0.0498. The molecule has 2 unspecified atom stereocenters. The zero-order valence-electron chi connectivity index (χ0n) is 21.4. The Bertz CT molecular complexity index is 1320. The number of rotatable bonds is 9. The van der Waals surface area contributed by atoms with Gasteiger partial charge in [-0.15, -0.1) is 0 Å². The van der Waals surface area contributed by atoms with Crippen LogP contribution in [0.25, 0.3) is 16.7 Å². The molecule has 1 aliphatic rings. The zero-order chi connectivity index (χ0) is 26.7. The molecule has 4 rings (SSSR count). The van der Waals surface area contributed by atoms with Crippen LogP contribution in [0.5, 0.6) is 5.75 Å². The van der Waals surface area contributed by atoms with E-state index in [0.29, 0.717) is 49.2 Å². The van der Waals surface area contributed by atoms with Crippen molar-refractivity contribution in [1.82, 2.24) is 19.4 Å². The Morgan fingerprint density at radius 1 is 1.24 bits per heavy atom. The highest BCUT2D eigenvalue weighted by Gasteiger charge is 2.27. The van der Waals surface area contributed by atoms with Crippen LogP contribution in [0.15, 0.2) is 36.4 Å². The van der Waals surface area contributed by atoms with E-state index >= 15 is 0 Å². The van der Waals surface area contributed by atoms with Crippen molar-refractivity contribution in [2.75, 3.05) is 33.7 Å². The van der Waals surface area contributed by atoms with E-state index in [0.717, 1.165) is 5.56 Å². The van der Waals surface area contributed by atoms with Crippen LogP contribution in [-0.4, -0.2) is 72.1 Å². The predicted molar refractivity (Wildman–Crippen MR) is 137 cm³/mol. The number of imidazole rings is 1. The van der Waals surface area contributed by atoms with Crippen molar-refractivity contribution in [3.63, 3.8) is 0 Å². The molecule has 196 valence electrons. The average Bonchev–Trinajstić information content (AvgIpc) is 3.19. The number of hydrogen-bond donors (Lipinski definition) is 0. The quantitative estimate of drug-likeness (QED) is 0.295. The normalized spacial score (nSPS) is 15.9. The van der Waals surface area contributed by atoms with Gasteiger partial charge < -0.3 is 4.74 Å². The fourth-order valence-electron chi connectivity index (χ4n) is 4.77. The maximum atomic E-state index is 13.3. The van der Waals surface area contributed by atoms with Gasteiger partial charge in [0.15, 0.2) is 12.0 Å². The van der Waals surface area contributed by atoms with Crippen LogP contribution in [0.3, 0.4) is 0 Å². The van der Waals surface area contributed by atoms with Crippen LogP contribution in [0, 0.1) is 17.8 Å². The van der Waals surface area contributed by atoms with Gasteiger partial charge in [0.2, 0.25) is 0 Å². The van der Waals surface area contributed by atoms with Crippen molar-refractivity contribution < 1.29 is 22.7 Å². The number of carbonyl (C=O) groups excluding carboxylic acids is 1.